The van der Waals surface area contributed by atoms with E-state index in [0.717, 1.165) is 17.5 Å². The zero-order valence-electron chi connectivity index (χ0n) is 11.8. The molecule has 0 saturated heterocycles. The summed E-state index contributed by atoms with van der Waals surface area (Å²) in [6.07, 6.45) is 1.44. The van der Waals surface area contributed by atoms with Crippen LogP contribution < -0.4 is 0 Å². The molecule has 0 fully saturated rings. The van der Waals surface area contributed by atoms with Crippen LogP contribution in [-0.2, 0) is 17.4 Å². The Kier molecular flexibility index (Phi) is 3.28. The molecule has 0 heterocycles. The summed E-state index contributed by atoms with van der Waals surface area (Å²) in [5.41, 5.74) is 0.613. The summed E-state index contributed by atoms with van der Waals surface area (Å²) in [6, 6.07) is 17.4. The molecule has 2 unspecified atom stereocenters. The van der Waals surface area contributed by atoms with Crippen LogP contribution in [-0.4, -0.2) is 5.11 Å². The van der Waals surface area contributed by atoms with E-state index in [0.29, 0.717) is 17.0 Å². The van der Waals surface area contributed by atoms with Crippen LogP contribution in [0.4, 0.5) is 0 Å². The first kappa shape index (κ1) is 14.1. The van der Waals surface area contributed by atoms with Gasteiger partial charge in [-0.15, -0.1) is 0 Å². The van der Waals surface area contributed by atoms with Gasteiger partial charge in [0, 0.05) is 5.02 Å². The average molecular weight is 298 g/mol. The molecule has 0 aliphatic heterocycles. The highest BCUT2D eigenvalue weighted by molar-refractivity contribution is 6.30. The maximum Gasteiger partial charge on any atom is 0.115 e. The number of nitriles is 1. The SMILES string of the molecule is CC(O)(c1ccc(Cl)cc1)C1(C#N)CCc2ccccc21. The maximum absolute atomic E-state index is 11.2. The Morgan fingerprint density at radius 3 is 2.52 bits per heavy atom. The maximum atomic E-state index is 11.2. The molecule has 106 valence electrons. The second-order valence-corrected chi connectivity index (χ2v) is 6.19. The lowest BCUT2D eigenvalue weighted by Gasteiger charge is -2.38. The van der Waals surface area contributed by atoms with Crippen molar-refractivity contribution in [1.82, 2.24) is 0 Å². The summed E-state index contributed by atoms with van der Waals surface area (Å²) in [4.78, 5) is 0. The van der Waals surface area contributed by atoms with E-state index >= 15 is 0 Å². The van der Waals surface area contributed by atoms with Crippen LogP contribution in [0, 0.1) is 11.3 Å². The fraction of sp³-hybridized carbons (Fsp3) is 0.278. The smallest absolute Gasteiger partial charge is 0.115 e. The molecule has 0 aromatic heterocycles. The molecule has 2 nitrogen and oxygen atoms in total. The Hall–Kier alpha value is -1.82. The van der Waals surface area contributed by atoms with E-state index in [2.05, 4.69) is 6.07 Å². The van der Waals surface area contributed by atoms with Crippen LogP contribution in [0.2, 0.25) is 5.02 Å². The van der Waals surface area contributed by atoms with Crippen molar-refractivity contribution in [3.63, 3.8) is 0 Å². The summed E-state index contributed by atoms with van der Waals surface area (Å²) in [7, 11) is 0. The van der Waals surface area contributed by atoms with Crippen LogP contribution in [0.1, 0.15) is 30.0 Å². The first-order chi connectivity index (χ1) is 10.0. The molecular weight excluding hydrogens is 282 g/mol. The van der Waals surface area contributed by atoms with E-state index in [-0.39, 0.29) is 0 Å². The first-order valence-electron chi connectivity index (χ1n) is 6.99. The summed E-state index contributed by atoms with van der Waals surface area (Å²) in [5, 5.41) is 21.7. The Bertz CT molecular complexity index is 715. The lowest BCUT2D eigenvalue weighted by molar-refractivity contribution is -0.00409. The van der Waals surface area contributed by atoms with Crippen molar-refractivity contribution in [2.45, 2.75) is 30.8 Å². The van der Waals surface area contributed by atoms with Gasteiger partial charge in [0.05, 0.1) is 6.07 Å². The van der Waals surface area contributed by atoms with Crippen LogP contribution in [0.3, 0.4) is 0 Å². The van der Waals surface area contributed by atoms with E-state index < -0.39 is 11.0 Å². The second kappa shape index (κ2) is 4.87. The van der Waals surface area contributed by atoms with Gasteiger partial charge in [-0.1, -0.05) is 48.0 Å². The van der Waals surface area contributed by atoms with Gasteiger partial charge in [-0.2, -0.15) is 5.26 Å². The highest BCUT2D eigenvalue weighted by Gasteiger charge is 2.53. The number of benzene rings is 2. The van der Waals surface area contributed by atoms with Crippen molar-refractivity contribution in [1.29, 1.82) is 5.26 Å². The van der Waals surface area contributed by atoms with Crippen molar-refractivity contribution in [3.8, 4) is 6.07 Å². The molecule has 0 spiro atoms. The minimum Gasteiger partial charge on any atom is -0.383 e. The molecule has 0 radical (unpaired) electrons. The molecule has 3 rings (SSSR count). The Morgan fingerprint density at radius 2 is 1.86 bits per heavy atom. The molecule has 0 bridgehead atoms. The van der Waals surface area contributed by atoms with E-state index in [1.54, 1.807) is 31.2 Å². The molecule has 2 atom stereocenters. The van der Waals surface area contributed by atoms with Crippen molar-refractivity contribution in [2.24, 2.45) is 0 Å². The van der Waals surface area contributed by atoms with Gasteiger partial charge >= 0.3 is 0 Å². The fourth-order valence-corrected chi connectivity index (χ4v) is 3.49. The average Bonchev–Trinajstić information content (AvgIpc) is 2.88. The lowest BCUT2D eigenvalue weighted by atomic mass is 9.67. The minimum atomic E-state index is -1.26. The number of halogens is 1. The monoisotopic (exact) mass is 297 g/mol. The third-order valence-electron chi connectivity index (χ3n) is 4.67. The highest BCUT2D eigenvalue weighted by atomic mass is 35.5. The van der Waals surface area contributed by atoms with Gasteiger partial charge in [0.1, 0.15) is 11.0 Å². The van der Waals surface area contributed by atoms with E-state index in [9.17, 15) is 10.4 Å². The molecule has 1 N–H and O–H groups in total. The molecule has 0 amide bonds. The molecule has 3 heteroatoms. The predicted octanol–water partition coefficient (Wildman–Crippen LogP) is 3.96. The quantitative estimate of drug-likeness (QED) is 0.912. The van der Waals surface area contributed by atoms with Gasteiger partial charge in [-0.25, -0.2) is 0 Å². The molecule has 2 aromatic rings. The number of aryl methyl sites for hydroxylation is 1. The number of aliphatic hydroxyl groups is 1. The van der Waals surface area contributed by atoms with Crippen molar-refractivity contribution in [2.75, 3.05) is 0 Å². The number of fused-ring (bicyclic) bond motifs is 1. The summed E-state index contributed by atoms with van der Waals surface area (Å²) >= 11 is 5.92. The summed E-state index contributed by atoms with van der Waals surface area (Å²) in [5.74, 6) is 0. The van der Waals surface area contributed by atoms with Gasteiger partial charge in [0.25, 0.3) is 0 Å². The van der Waals surface area contributed by atoms with Crippen LogP contribution in [0.5, 0.6) is 0 Å². The Morgan fingerprint density at radius 1 is 1.19 bits per heavy atom. The van der Waals surface area contributed by atoms with E-state index in [1.807, 2.05) is 24.3 Å². The van der Waals surface area contributed by atoms with Crippen LogP contribution >= 0.6 is 11.6 Å². The van der Waals surface area contributed by atoms with Crippen LogP contribution in [0.15, 0.2) is 48.5 Å². The van der Waals surface area contributed by atoms with Crippen molar-refractivity contribution >= 4 is 11.6 Å². The van der Waals surface area contributed by atoms with E-state index in [1.165, 1.54) is 0 Å². The summed E-state index contributed by atoms with van der Waals surface area (Å²) < 4.78 is 0. The molecule has 2 aromatic carbocycles. The molecular formula is C18H16ClNO. The van der Waals surface area contributed by atoms with Gasteiger partial charge in [0.15, 0.2) is 0 Å². The third-order valence-corrected chi connectivity index (χ3v) is 4.93. The topological polar surface area (TPSA) is 44.0 Å². The molecule has 1 aliphatic carbocycles. The van der Waals surface area contributed by atoms with Gasteiger partial charge in [-0.3, -0.25) is 0 Å². The fourth-order valence-electron chi connectivity index (χ4n) is 3.36. The molecule has 21 heavy (non-hydrogen) atoms. The Labute approximate surface area is 129 Å². The third kappa shape index (κ3) is 1.97. The number of hydrogen-bond acceptors (Lipinski definition) is 2. The standard InChI is InChI=1S/C18H16ClNO/c1-17(21,14-6-8-15(19)9-7-14)18(12-20)11-10-13-4-2-3-5-16(13)18/h2-9,21H,10-11H2,1H3. The normalized spacial score (nSPS) is 23.1. The van der Waals surface area contributed by atoms with Crippen LogP contribution in [0.25, 0.3) is 0 Å². The number of nitrogens with zero attached hydrogens (tertiary/aromatic N) is 1. The van der Waals surface area contributed by atoms with E-state index in [4.69, 9.17) is 11.6 Å². The largest absolute Gasteiger partial charge is 0.383 e. The van der Waals surface area contributed by atoms with Gasteiger partial charge < -0.3 is 5.11 Å². The predicted molar refractivity (Wildman–Crippen MR) is 83.1 cm³/mol. The molecule has 1 aliphatic rings. The molecule has 0 saturated carbocycles. The first-order valence-corrected chi connectivity index (χ1v) is 7.37. The van der Waals surface area contributed by atoms with Gasteiger partial charge in [-0.05, 0) is 48.6 Å². The van der Waals surface area contributed by atoms with Gasteiger partial charge in [0.2, 0.25) is 0 Å². The minimum absolute atomic E-state index is 0.618. The number of hydrogen-bond donors (Lipinski definition) is 1. The second-order valence-electron chi connectivity index (χ2n) is 5.75. The Balaban J connectivity index is 2.17. The highest BCUT2D eigenvalue weighted by Crippen LogP contribution is 2.50. The van der Waals surface area contributed by atoms with Crippen molar-refractivity contribution in [3.05, 3.63) is 70.2 Å². The zero-order valence-corrected chi connectivity index (χ0v) is 12.6. The summed E-state index contributed by atoms with van der Waals surface area (Å²) in [6.45, 7) is 1.72. The van der Waals surface area contributed by atoms with Crippen molar-refractivity contribution < 1.29 is 5.11 Å². The zero-order chi connectivity index (χ0) is 15.1. The lowest BCUT2D eigenvalue weighted by Crippen LogP contribution is -2.44. The number of rotatable bonds is 2.